The molecule has 1 saturated carbocycles. The minimum absolute atomic E-state index is 0.00332. The van der Waals surface area contributed by atoms with E-state index in [1.54, 1.807) is 0 Å². The number of hydrogen-bond donors (Lipinski definition) is 1. The van der Waals surface area contributed by atoms with Gasteiger partial charge in [0.05, 0.1) is 0 Å². The van der Waals surface area contributed by atoms with Gasteiger partial charge in [-0.05, 0) is 11.3 Å². The molecule has 1 atom stereocenters. The number of carbonyl (C=O) groups is 1. The molecule has 0 spiro atoms. The third-order valence-corrected chi connectivity index (χ3v) is 3.80. The van der Waals surface area contributed by atoms with Crippen LogP contribution in [-0.2, 0) is 4.79 Å². The van der Waals surface area contributed by atoms with Crippen molar-refractivity contribution < 1.29 is 4.79 Å². The molecule has 2 heteroatoms. The summed E-state index contributed by atoms with van der Waals surface area (Å²) in [5.74, 6) is 1.02. The minimum Gasteiger partial charge on any atom is -0.327 e. The van der Waals surface area contributed by atoms with Gasteiger partial charge in [0.1, 0.15) is 5.78 Å². The highest BCUT2D eigenvalue weighted by atomic mass is 16.1. The first kappa shape index (κ1) is 13.7. The molecule has 1 fully saturated rings. The Morgan fingerprint density at radius 1 is 1.25 bits per heavy atom. The second-order valence-electron chi connectivity index (χ2n) is 6.42. The maximum Gasteiger partial charge on any atom is 0.134 e. The molecule has 0 amide bonds. The Morgan fingerprint density at radius 2 is 1.81 bits per heavy atom. The number of rotatable bonds is 4. The lowest BCUT2D eigenvalue weighted by molar-refractivity contribution is -0.121. The molecule has 0 saturated heterocycles. The summed E-state index contributed by atoms with van der Waals surface area (Å²) in [6.45, 7) is 6.31. The Kier molecular flexibility index (Phi) is 4.97. The van der Waals surface area contributed by atoms with Crippen LogP contribution in [0.1, 0.15) is 65.7 Å². The van der Waals surface area contributed by atoms with Crippen molar-refractivity contribution >= 4 is 5.78 Å². The average molecular weight is 225 g/mol. The number of Topliss-reactive ketones (excluding diaryl/α,β-unsaturated/α-hetero) is 1. The van der Waals surface area contributed by atoms with Crippen LogP contribution < -0.4 is 5.73 Å². The van der Waals surface area contributed by atoms with E-state index in [0.29, 0.717) is 18.1 Å². The van der Waals surface area contributed by atoms with Crippen molar-refractivity contribution in [3.05, 3.63) is 0 Å². The molecule has 0 aromatic heterocycles. The van der Waals surface area contributed by atoms with Gasteiger partial charge < -0.3 is 5.73 Å². The summed E-state index contributed by atoms with van der Waals surface area (Å²) >= 11 is 0. The first-order valence-corrected chi connectivity index (χ1v) is 6.67. The molecule has 2 N–H and O–H groups in total. The van der Waals surface area contributed by atoms with Crippen LogP contribution in [0.3, 0.4) is 0 Å². The average Bonchev–Trinajstić information content (AvgIpc) is 2.17. The molecular weight excluding hydrogens is 198 g/mol. The smallest absolute Gasteiger partial charge is 0.134 e. The van der Waals surface area contributed by atoms with Crippen molar-refractivity contribution in [2.24, 2.45) is 17.1 Å². The van der Waals surface area contributed by atoms with Crippen LogP contribution in [-0.4, -0.2) is 11.8 Å². The molecule has 1 rings (SSSR count). The molecule has 0 radical (unpaired) electrons. The van der Waals surface area contributed by atoms with E-state index in [0.717, 1.165) is 6.42 Å². The van der Waals surface area contributed by atoms with Crippen LogP contribution in [0.5, 0.6) is 0 Å². The molecule has 1 aliphatic rings. The van der Waals surface area contributed by atoms with Crippen LogP contribution >= 0.6 is 0 Å². The predicted octanol–water partition coefficient (Wildman–Crippen LogP) is 3.29. The Bertz CT molecular complexity index is 223. The van der Waals surface area contributed by atoms with Gasteiger partial charge in [-0.2, -0.15) is 0 Å². The summed E-state index contributed by atoms with van der Waals surface area (Å²) in [5.41, 5.74) is 6.08. The SMILES string of the molecule is CC(C)(C)C(N)CC(=O)CC1CCCCC1. The fourth-order valence-corrected chi connectivity index (χ4v) is 2.35. The maximum absolute atomic E-state index is 11.9. The number of ketones is 1. The highest BCUT2D eigenvalue weighted by Gasteiger charge is 2.24. The van der Waals surface area contributed by atoms with Crippen molar-refractivity contribution in [1.82, 2.24) is 0 Å². The first-order valence-electron chi connectivity index (χ1n) is 6.67. The molecule has 0 aliphatic heterocycles. The Morgan fingerprint density at radius 3 is 2.31 bits per heavy atom. The predicted molar refractivity (Wildman–Crippen MR) is 68.2 cm³/mol. The maximum atomic E-state index is 11.9. The molecule has 16 heavy (non-hydrogen) atoms. The first-order chi connectivity index (χ1) is 7.39. The molecule has 94 valence electrons. The third kappa shape index (κ3) is 4.65. The second kappa shape index (κ2) is 5.81. The van der Waals surface area contributed by atoms with E-state index in [9.17, 15) is 4.79 Å². The Hall–Kier alpha value is -0.370. The van der Waals surface area contributed by atoms with E-state index in [1.807, 2.05) is 0 Å². The van der Waals surface area contributed by atoms with Crippen LogP contribution in [0, 0.1) is 11.3 Å². The lowest BCUT2D eigenvalue weighted by Gasteiger charge is -2.27. The van der Waals surface area contributed by atoms with Gasteiger partial charge in [0.2, 0.25) is 0 Å². The van der Waals surface area contributed by atoms with Crippen molar-refractivity contribution in [3.63, 3.8) is 0 Å². The zero-order chi connectivity index (χ0) is 12.2. The van der Waals surface area contributed by atoms with Crippen molar-refractivity contribution in [2.45, 2.75) is 71.8 Å². The van der Waals surface area contributed by atoms with E-state index in [1.165, 1.54) is 32.1 Å². The van der Waals surface area contributed by atoms with Gasteiger partial charge >= 0.3 is 0 Å². The van der Waals surface area contributed by atoms with Crippen LogP contribution in [0.4, 0.5) is 0 Å². The number of nitrogens with two attached hydrogens (primary N) is 1. The fraction of sp³-hybridized carbons (Fsp3) is 0.929. The van der Waals surface area contributed by atoms with Gasteiger partial charge in [0.25, 0.3) is 0 Å². The molecule has 0 heterocycles. The lowest BCUT2D eigenvalue weighted by atomic mass is 9.81. The van der Waals surface area contributed by atoms with Gasteiger partial charge in [-0.25, -0.2) is 0 Å². The standard InChI is InChI=1S/C14H27NO/c1-14(2,3)13(15)10-12(16)9-11-7-5-4-6-8-11/h11,13H,4-10,15H2,1-3H3. The lowest BCUT2D eigenvalue weighted by Crippen LogP contribution is -2.37. The van der Waals surface area contributed by atoms with Crippen molar-refractivity contribution in [2.75, 3.05) is 0 Å². The summed E-state index contributed by atoms with van der Waals surface area (Å²) < 4.78 is 0. The summed E-state index contributed by atoms with van der Waals surface area (Å²) in [6.07, 6.45) is 7.79. The summed E-state index contributed by atoms with van der Waals surface area (Å²) in [7, 11) is 0. The van der Waals surface area contributed by atoms with Crippen LogP contribution in [0.25, 0.3) is 0 Å². The minimum atomic E-state index is 0.00332. The molecule has 0 bridgehead atoms. The van der Waals surface area contributed by atoms with E-state index in [4.69, 9.17) is 5.73 Å². The molecule has 0 aromatic carbocycles. The summed E-state index contributed by atoms with van der Waals surface area (Å²) in [4.78, 5) is 11.9. The fourth-order valence-electron chi connectivity index (χ4n) is 2.35. The summed E-state index contributed by atoms with van der Waals surface area (Å²) in [5, 5.41) is 0. The van der Waals surface area contributed by atoms with Crippen molar-refractivity contribution in [3.8, 4) is 0 Å². The number of hydrogen-bond acceptors (Lipinski definition) is 2. The van der Waals surface area contributed by atoms with Gasteiger partial charge in [-0.15, -0.1) is 0 Å². The zero-order valence-corrected chi connectivity index (χ0v) is 11.1. The van der Waals surface area contributed by atoms with Gasteiger partial charge in [-0.3, -0.25) is 4.79 Å². The molecule has 1 aliphatic carbocycles. The zero-order valence-electron chi connectivity index (χ0n) is 11.1. The summed E-state index contributed by atoms with van der Waals surface area (Å²) in [6, 6.07) is 0.00332. The largest absolute Gasteiger partial charge is 0.327 e. The Labute approximate surface area is 100.0 Å². The number of carbonyl (C=O) groups excluding carboxylic acids is 1. The van der Waals surface area contributed by atoms with Crippen molar-refractivity contribution in [1.29, 1.82) is 0 Å². The van der Waals surface area contributed by atoms with Gasteiger partial charge in [-0.1, -0.05) is 52.9 Å². The monoisotopic (exact) mass is 225 g/mol. The topological polar surface area (TPSA) is 43.1 Å². The third-order valence-electron chi connectivity index (χ3n) is 3.80. The highest BCUT2D eigenvalue weighted by Crippen LogP contribution is 2.28. The van der Waals surface area contributed by atoms with Gasteiger partial charge in [0.15, 0.2) is 0 Å². The normalized spacial score (nSPS) is 20.8. The van der Waals surface area contributed by atoms with E-state index >= 15 is 0 Å². The second-order valence-corrected chi connectivity index (χ2v) is 6.42. The molecular formula is C14H27NO. The molecule has 2 nitrogen and oxygen atoms in total. The van der Waals surface area contributed by atoms with Crippen LogP contribution in [0.2, 0.25) is 0 Å². The van der Waals surface area contributed by atoms with E-state index in [2.05, 4.69) is 20.8 Å². The van der Waals surface area contributed by atoms with Gasteiger partial charge in [0, 0.05) is 18.9 Å². The molecule has 1 unspecified atom stereocenters. The highest BCUT2D eigenvalue weighted by molar-refractivity contribution is 5.79. The van der Waals surface area contributed by atoms with E-state index < -0.39 is 0 Å². The Balaban J connectivity index is 2.29. The van der Waals surface area contributed by atoms with Crippen LogP contribution in [0.15, 0.2) is 0 Å². The molecule has 0 aromatic rings. The quantitative estimate of drug-likeness (QED) is 0.797. The van der Waals surface area contributed by atoms with E-state index in [-0.39, 0.29) is 11.5 Å².